The zero-order valence-corrected chi connectivity index (χ0v) is 10.5. The topological polar surface area (TPSA) is 78.1 Å². The fourth-order valence-electron chi connectivity index (χ4n) is 1.09. The number of rotatable bonds is 2. The van der Waals surface area contributed by atoms with Crippen molar-refractivity contribution in [3.8, 4) is 5.88 Å². The Labute approximate surface area is 110 Å². The summed E-state index contributed by atoms with van der Waals surface area (Å²) in [4.78, 5) is 17.8. The van der Waals surface area contributed by atoms with E-state index in [0.717, 1.165) is 0 Å². The van der Waals surface area contributed by atoms with Crippen LogP contribution in [0.3, 0.4) is 0 Å². The van der Waals surface area contributed by atoms with E-state index in [-0.39, 0.29) is 0 Å². The van der Waals surface area contributed by atoms with Gasteiger partial charge in [0.2, 0.25) is 5.88 Å². The number of ether oxygens (including phenoxy) is 1. The Hall–Kier alpha value is -2.14. The first kappa shape index (κ1) is 13.9. The maximum absolute atomic E-state index is 10.3. The fourth-order valence-corrected chi connectivity index (χ4v) is 1.26. The van der Waals surface area contributed by atoms with Crippen molar-refractivity contribution in [3.63, 3.8) is 0 Å². The van der Waals surface area contributed by atoms with Crippen LogP contribution in [0, 0.1) is 0 Å². The van der Waals surface area contributed by atoms with Gasteiger partial charge in [-0.3, -0.25) is 4.79 Å². The number of nitrogens with zero attached hydrogens (tertiary/aromatic N) is 2. The van der Waals surface area contributed by atoms with Gasteiger partial charge in [-0.1, -0.05) is 17.7 Å². The number of pyridine rings is 2. The molecule has 0 atom stereocenters. The number of hydrogen-bond donors (Lipinski definition) is 1. The maximum atomic E-state index is 10.3. The molecule has 0 aliphatic rings. The van der Waals surface area contributed by atoms with Crippen molar-refractivity contribution in [2.45, 2.75) is 0 Å². The van der Waals surface area contributed by atoms with Gasteiger partial charge in [0.1, 0.15) is 11.0 Å². The van der Waals surface area contributed by atoms with E-state index in [9.17, 15) is 4.79 Å². The van der Waals surface area contributed by atoms with Crippen LogP contribution in [0.4, 0.5) is 5.82 Å². The van der Waals surface area contributed by atoms with Gasteiger partial charge in [-0.25, -0.2) is 9.97 Å². The molecule has 18 heavy (non-hydrogen) atoms. The predicted molar refractivity (Wildman–Crippen MR) is 69.8 cm³/mol. The van der Waals surface area contributed by atoms with Crippen LogP contribution in [-0.2, 0) is 0 Å². The minimum Gasteiger partial charge on any atom is -0.480 e. The molecule has 5 nitrogen and oxygen atoms in total. The Morgan fingerprint density at radius 2 is 2.11 bits per heavy atom. The number of anilines is 1. The van der Waals surface area contributed by atoms with Crippen LogP contribution in [0.1, 0.15) is 10.4 Å². The normalized spacial score (nSPS) is 9.00. The highest BCUT2D eigenvalue weighted by molar-refractivity contribution is 6.29. The third kappa shape index (κ3) is 4.39. The lowest BCUT2D eigenvalue weighted by molar-refractivity contribution is 0.112. The van der Waals surface area contributed by atoms with Gasteiger partial charge >= 0.3 is 0 Å². The molecule has 0 aromatic carbocycles. The van der Waals surface area contributed by atoms with Crippen LogP contribution >= 0.6 is 11.6 Å². The molecule has 94 valence electrons. The van der Waals surface area contributed by atoms with Gasteiger partial charge in [-0.15, -0.1) is 0 Å². The minimum absolute atomic E-state index is 0.373. The Kier molecular flexibility index (Phi) is 5.60. The van der Waals surface area contributed by atoms with Crippen molar-refractivity contribution in [2.75, 3.05) is 12.8 Å². The average Bonchev–Trinajstić information content (AvgIpc) is 2.39. The second-order valence-corrected chi connectivity index (χ2v) is 3.49. The molecule has 2 N–H and O–H groups in total. The van der Waals surface area contributed by atoms with E-state index < -0.39 is 0 Å². The molecular formula is C12H12ClN3O2. The highest BCUT2D eigenvalue weighted by Crippen LogP contribution is 2.09. The molecule has 0 saturated carbocycles. The van der Waals surface area contributed by atoms with Crippen molar-refractivity contribution in [3.05, 3.63) is 47.2 Å². The summed E-state index contributed by atoms with van der Waals surface area (Å²) in [7, 11) is 1.48. The summed E-state index contributed by atoms with van der Waals surface area (Å²) >= 11 is 5.45. The van der Waals surface area contributed by atoms with Gasteiger partial charge in [0, 0.05) is 6.20 Å². The van der Waals surface area contributed by atoms with Crippen LogP contribution in [0.2, 0.25) is 5.15 Å². The van der Waals surface area contributed by atoms with Gasteiger partial charge in [0.05, 0.1) is 12.7 Å². The number of methoxy groups -OCH3 is 1. The summed E-state index contributed by atoms with van der Waals surface area (Å²) in [5.41, 5.74) is 5.74. The van der Waals surface area contributed by atoms with E-state index in [0.29, 0.717) is 28.7 Å². The predicted octanol–water partition coefficient (Wildman–Crippen LogP) is 2.22. The zero-order valence-electron chi connectivity index (χ0n) is 9.71. The number of hydrogen-bond acceptors (Lipinski definition) is 5. The molecule has 2 aromatic rings. The van der Waals surface area contributed by atoms with Crippen molar-refractivity contribution >= 4 is 23.7 Å². The molecule has 2 rings (SSSR count). The van der Waals surface area contributed by atoms with Crippen LogP contribution in [0.15, 0.2) is 36.5 Å². The van der Waals surface area contributed by atoms with Crippen molar-refractivity contribution in [2.24, 2.45) is 0 Å². The van der Waals surface area contributed by atoms with Crippen molar-refractivity contribution in [1.29, 1.82) is 0 Å². The number of halogens is 1. The molecule has 0 aliphatic heterocycles. The van der Waals surface area contributed by atoms with Gasteiger partial charge in [-0.2, -0.15) is 0 Å². The minimum atomic E-state index is 0.373. The number of nitrogen functional groups attached to an aromatic ring is 1. The van der Waals surface area contributed by atoms with E-state index in [1.165, 1.54) is 7.11 Å². The highest BCUT2D eigenvalue weighted by atomic mass is 35.5. The van der Waals surface area contributed by atoms with E-state index in [1.54, 1.807) is 36.5 Å². The molecule has 0 spiro atoms. The summed E-state index contributed by atoms with van der Waals surface area (Å²) in [5, 5.41) is 0.435. The molecule has 6 heteroatoms. The standard InChI is InChI=1S/C7H7NO2.C5H5ClN2/c1-10-7-6(5-9)3-2-4-8-7;6-4-2-1-3-5(7)8-4/h2-5H,1H3;1-3H,(H2,7,8). The average molecular weight is 266 g/mol. The number of carbonyl (C=O) groups excluding carboxylic acids is 1. The highest BCUT2D eigenvalue weighted by Gasteiger charge is 1.98. The van der Waals surface area contributed by atoms with E-state index in [4.69, 9.17) is 22.1 Å². The molecular weight excluding hydrogens is 254 g/mol. The van der Waals surface area contributed by atoms with E-state index in [2.05, 4.69) is 9.97 Å². The third-order valence-electron chi connectivity index (χ3n) is 1.86. The second kappa shape index (κ2) is 7.24. The first-order valence-corrected chi connectivity index (χ1v) is 5.37. The summed E-state index contributed by atoms with van der Waals surface area (Å²) in [6.07, 6.45) is 2.29. The number of aldehydes is 1. The number of aromatic nitrogens is 2. The molecule has 0 fully saturated rings. The summed E-state index contributed by atoms with van der Waals surface area (Å²) < 4.78 is 4.79. The van der Waals surface area contributed by atoms with Gasteiger partial charge < -0.3 is 10.5 Å². The second-order valence-electron chi connectivity index (χ2n) is 3.10. The summed E-state index contributed by atoms with van der Waals surface area (Å²) in [6, 6.07) is 8.46. The third-order valence-corrected chi connectivity index (χ3v) is 2.07. The lowest BCUT2D eigenvalue weighted by Crippen LogP contribution is -1.91. The lowest BCUT2D eigenvalue weighted by Gasteiger charge is -1.98. The molecule has 0 radical (unpaired) electrons. The number of nitrogens with two attached hydrogens (primary N) is 1. The molecule has 2 heterocycles. The Morgan fingerprint density at radius 1 is 1.33 bits per heavy atom. The number of carbonyl (C=O) groups is 1. The van der Waals surface area contributed by atoms with Gasteiger partial charge in [0.25, 0.3) is 0 Å². The first-order valence-electron chi connectivity index (χ1n) is 4.99. The molecule has 0 aliphatic carbocycles. The van der Waals surface area contributed by atoms with Crippen LogP contribution in [-0.4, -0.2) is 23.4 Å². The van der Waals surface area contributed by atoms with Crippen LogP contribution in [0.25, 0.3) is 0 Å². The van der Waals surface area contributed by atoms with E-state index >= 15 is 0 Å². The zero-order chi connectivity index (χ0) is 13.4. The lowest BCUT2D eigenvalue weighted by atomic mass is 10.3. The Balaban J connectivity index is 0.000000184. The molecule has 0 bridgehead atoms. The van der Waals surface area contributed by atoms with Gasteiger partial charge in [0.15, 0.2) is 6.29 Å². The van der Waals surface area contributed by atoms with Crippen molar-refractivity contribution < 1.29 is 9.53 Å². The Bertz CT molecular complexity index is 503. The quantitative estimate of drug-likeness (QED) is 0.665. The first-order chi connectivity index (χ1) is 8.67. The molecule has 0 amide bonds. The fraction of sp³-hybridized carbons (Fsp3) is 0.0833. The van der Waals surface area contributed by atoms with Crippen LogP contribution in [0.5, 0.6) is 5.88 Å². The smallest absolute Gasteiger partial charge is 0.223 e. The monoisotopic (exact) mass is 265 g/mol. The van der Waals surface area contributed by atoms with Crippen molar-refractivity contribution in [1.82, 2.24) is 9.97 Å². The summed E-state index contributed by atoms with van der Waals surface area (Å²) in [6.45, 7) is 0. The van der Waals surface area contributed by atoms with Crippen LogP contribution < -0.4 is 10.5 Å². The molecule has 0 unspecified atom stereocenters. The Morgan fingerprint density at radius 3 is 2.56 bits per heavy atom. The summed E-state index contributed by atoms with van der Waals surface area (Å²) in [5.74, 6) is 0.829. The largest absolute Gasteiger partial charge is 0.480 e. The van der Waals surface area contributed by atoms with Gasteiger partial charge in [-0.05, 0) is 24.3 Å². The SMILES string of the molecule is COc1ncccc1C=O.Nc1cccc(Cl)n1. The molecule has 2 aromatic heterocycles. The molecule has 0 saturated heterocycles. The van der Waals surface area contributed by atoms with E-state index in [1.807, 2.05) is 0 Å². The maximum Gasteiger partial charge on any atom is 0.223 e.